The van der Waals surface area contributed by atoms with Gasteiger partial charge in [-0.25, -0.2) is 0 Å². The Morgan fingerprint density at radius 3 is 2.71 bits per heavy atom. The van der Waals surface area contributed by atoms with Gasteiger partial charge in [0.05, 0.1) is 10.5 Å². The van der Waals surface area contributed by atoms with Gasteiger partial charge in [0, 0.05) is 19.2 Å². The van der Waals surface area contributed by atoms with E-state index in [0.717, 1.165) is 18.7 Å². The zero-order valence-electron chi connectivity index (χ0n) is 9.93. The number of hydrogen-bond acceptors (Lipinski definition) is 3. The van der Waals surface area contributed by atoms with E-state index in [1.807, 2.05) is 25.3 Å². The lowest BCUT2D eigenvalue weighted by molar-refractivity contribution is -0.385. The Bertz CT molecular complexity index is 449. The Hall–Kier alpha value is -1.84. The highest BCUT2D eigenvalue weighted by Crippen LogP contribution is 2.23. The van der Waals surface area contributed by atoms with E-state index in [1.54, 1.807) is 12.1 Å². The normalized spacial score (nSPS) is 15.7. The van der Waals surface area contributed by atoms with Crippen LogP contribution in [0.1, 0.15) is 24.0 Å². The van der Waals surface area contributed by atoms with E-state index in [4.69, 9.17) is 0 Å². The van der Waals surface area contributed by atoms with Crippen molar-refractivity contribution in [3.63, 3.8) is 0 Å². The van der Waals surface area contributed by atoms with Crippen molar-refractivity contribution in [1.82, 2.24) is 4.90 Å². The maximum absolute atomic E-state index is 10.9. The van der Waals surface area contributed by atoms with Gasteiger partial charge in [0.2, 0.25) is 0 Å². The number of nitro benzene ring substituents is 1. The van der Waals surface area contributed by atoms with Crippen LogP contribution >= 0.6 is 0 Å². The van der Waals surface area contributed by atoms with Crippen LogP contribution in [-0.4, -0.2) is 22.9 Å². The summed E-state index contributed by atoms with van der Waals surface area (Å²) in [4.78, 5) is 12.8. The van der Waals surface area contributed by atoms with E-state index in [1.165, 1.54) is 12.8 Å². The first-order chi connectivity index (χ1) is 8.18. The molecule has 4 heteroatoms. The standard InChI is InChI=1S/C13H16N2O2/c1-11-5-4-6-13(15(16)17)12(11)7-10-14-8-2-3-9-14/h4-7,10H,2-3,8-9H2,1H3/b10-7+. The van der Waals surface area contributed by atoms with Gasteiger partial charge in [-0.3, -0.25) is 10.1 Å². The quantitative estimate of drug-likeness (QED) is 0.594. The summed E-state index contributed by atoms with van der Waals surface area (Å²) < 4.78 is 0. The SMILES string of the molecule is Cc1cccc([N+](=O)[O-])c1/C=C/N1CCCC1. The number of benzene rings is 1. The summed E-state index contributed by atoms with van der Waals surface area (Å²) >= 11 is 0. The van der Waals surface area contributed by atoms with Crippen LogP contribution in [0.2, 0.25) is 0 Å². The summed E-state index contributed by atoms with van der Waals surface area (Å²) in [6.07, 6.45) is 6.25. The highest BCUT2D eigenvalue weighted by atomic mass is 16.6. The first-order valence-corrected chi connectivity index (χ1v) is 5.85. The zero-order chi connectivity index (χ0) is 12.3. The number of likely N-dealkylation sites (tertiary alicyclic amines) is 1. The van der Waals surface area contributed by atoms with Gasteiger partial charge in [0.15, 0.2) is 0 Å². The van der Waals surface area contributed by atoms with Crippen LogP contribution in [0, 0.1) is 17.0 Å². The second-order valence-corrected chi connectivity index (χ2v) is 4.32. The van der Waals surface area contributed by atoms with Crippen LogP contribution in [0.25, 0.3) is 6.08 Å². The van der Waals surface area contributed by atoms with Crippen molar-refractivity contribution >= 4 is 11.8 Å². The lowest BCUT2D eigenvalue weighted by Crippen LogP contribution is -2.10. The van der Waals surface area contributed by atoms with E-state index in [2.05, 4.69) is 4.90 Å². The summed E-state index contributed by atoms with van der Waals surface area (Å²) in [7, 11) is 0. The lowest BCUT2D eigenvalue weighted by Gasteiger charge is -2.10. The fourth-order valence-corrected chi connectivity index (χ4v) is 2.11. The molecule has 2 rings (SSSR count). The van der Waals surface area contributed by atoms with Gasteiger partial charge in [-0.2, -0.15) is 0 Å². The molecule has 0 N–H and O–H groups in total. The summed E-state index contributed by atoms with van der Waals surface area (Å²) in [6, 6.07) is 5.17. The monoisotopic (exact) mass is 232 g/mol. The molecular formula is C13H16N2O2. The summed E-state index contributed by atoms with van der Waals surface area (Å²) in [5, 5.41) is 10.9. The summed E-state index contributed by atoms with van der Waals surface area (Å²) in [5.41, 5.74) is 1.83. The molecule has 90 valence electrons. The van der Waals surface area contributed by atoms with Crippen molar-refractivity contribution in [1.29, 1.82) is 0 Å². The summed E-state index contributed by atoms with van der Waals surface area (Å²) in [6.45, 7) is 4.00. The average Bonchev–Trinajstić information content (AvgIpc) is 2.80. The van der Waals surface area contributed by atoms with Gasteiger partial charge in [-0.1, -0.05) is 12.1 Å². The molecule has 0 spiro atoms. The fourth-order valence-electron chi connectivity index (χ4n) is 2.11. The largest absolute Gasteiger partial charge is 0.377 e. The molecule has 0 bridgehead atoms. The van der Waals surface area contributed by atoms with E-state index in [9.17, 15) is 10.1 Å². The molecule has 1 aliphatic heterocycles. The molecule has 0 unspecified atom stereocenters. The molecule has 17 heavy (non-hydrogen) atoms. The molecular weight excluding hydrogens is 216 g/mol. The fraction of sp³-hybridized carbons (Fsp3) is 0.385. The minimum absolute atomic E-state index is 0.181. The van der Waals surface area contributed by atoms with Crippen molar-refractivity contribution in [2.75, 3.05) is 13.1 Å². The maximum Gasteiger partial charge on any atom is 0.276 e. The predicted molar refractivity (Wildman–Crippen MR) is 67.7 cm³/mol. The molecule has 0 amide bonds. The molecule has 0 saturated carbocycles. The highest BCUT2D eigenvalue weighted by Gasteiger charge is 2.13. The Balaban J connectivity index is 2.27. The van der Waals surface area contributed by atoms with Crippen LogP contribution < -0.4 is 0 Å². The molecule has 1 saturated heterocycles. The number of nitro groups is 1. The number of aryl methyl sites for hydroxylation is 1. The number of rotatable bonds is 3. The van der Waals surface area contributed by atoms with E-state index >= 15 is 0 Å². The first-order valence-electron chi connectivity index (χ1n) is 5.85. The van der Waals surface area contributed by atoms with Crippen molar-refractivity contribution in [3.05, 3.63) is 45.6 Å². The van der Waals surface area contributed by atoms with Crippen molar-refractivity contribution in [3.8, 4) is 0 Å². The smallest absolute Gasteiger partial charge is 0.276 e. The van der Waals surface area contributed by atoms with Crippen molar-refractivity contribution in [2.24, 2.45) is 0 Å². The van der Waals surface area contributed by atoms with Gasteiger partial charge in [0.1, 0.15) is 0 Å². The van der Waals surface area contributed by atoms with Crippen LogP contribution in [-0.2, 0) is 0 Å². The molecule has 0 radical (unpaired) electrons. The van der Waals surface area contributed by atoms with E-state index in [-0.39, 0.29) is 10.6 Å². The molecule has 0 aromatic heterocycles. The minimum atomic E-state index is -0.323. The lowest BCUT2D eigenvalue weighted by atomic mass is 10.1. The first kappa shape index (κ1) is 11.6. The van der Waals surface area contributed by atoms with Gasteiger partial charge in [0.25, 0.3) is 5.69 Å². The molecule has 1 aliphatic rings. The Morgan fingerprint density at radius 1 is 1.35 bits per heavy atom. The van der Waals surface area contributed by atoms with Gasteiger partial charge >= 0.3 is 0 Å². The summed E-state index contributed by atoms with van der Waals surface area (Å²) in [5.74, 6) is 0. The topological polar surface area (TPSA) is 46.4 Å². The zero-order valence-corrected chi connectivity index (χ0v) is 9.93. The van der Waals surface area contributed by atoms with E-state index in [0.29, 0.717) is 5.56 Å². The van der Waals surface area contributed by atoms with Gasteiger partial charge < -0.3 is 4.90 Å². The van der Waals surface area contributed by atoms with Crippen LogP contribution in [0.5, 0.6) is 0 Å². The Morgan fingerprint density at radius 2 is 2.06 bits per heavy atom. The molecule has 0 aliphatic carbocycles. The van der Waals surface area contributed by atoms with Crippen molar-refractivity contribution < 1.29 is 4.92 Å². The van der Waals surface area contributed by atoms with Crippen LogP contribution in [0.3, 0.4) is 0 Å². The molecule has 1 aromatic carbocycles. The Kier molecular flexibility index (Phi) is 3.42. The second-order valence-electron chi connectivity index (χ2n) is 4.32. The highest BCUT2D eigenvalue weighted by molar-refractivity contribution is 5.64. The third kappa shape index (κ3) is 2.64. The molecule has 1 fully saturated rings. The molecule has 1 heterocycles. The van der Waals surface area contributed by atoms with Gasteiger partial charge in [-0.15, -0.1) is 0 Å². The second kappa shape index (κ2) is 4.99. The molecule has 1 aromatic rings. The minimum Gasteiger partial charge on any atom is -0.377 e. The van der Waals surface area contributed by atoms with E-state index < -0.39 is 0 Å². The maximum atomic E-state index is 10.9. The molecule has 0 atom stereocenters. The average molecular weight is 232 g/mol. The number of hydrogen-bond donors (Lipinski definition) is 0. The number of nitrogens with zero attached hydrogens (tertiary/aromatic N) is 2. The van der Waals surface area contributed by atoms with Gasteiger partial charge in [-0.05, 0) is 37.6 Å². The predicted octanol–water partition coefficient (Wildman–Crippen LogP) is 2.97. The van der Waals surface area contributed by atoms with Crippen LogP contribution in [0.4, 0.5) is 5.69 Å². The third-order valence-corrected chi connectivity index (χ3v) is 3.09. The van der Waals surface area contributed by atoms with Crippen LogP contribution in [0.15, 0.2) is 24.4 Å². The van der Waals surface area contributed by atoms with Crippen molar-refractivity contribution in [2.45, 2.75) is 19.8 Å². The Labute approximate surface area is 101 Å². The molecule has 4 nitrogen and oxygen atoms in total. The third-order valence-electron chi connectivity index (χ3n) is 3.09.